The van der Waals surface area contributed by atoms with Crippen molar-refractivity contribution in [1.29, 1.82) is 0 Å². The summed E-state index contributed by atoms with van der Waals surface area (Å²) in [6.07, 6.45) is 6.03. The lowest BCUT2D eigenvalue weighted by Crippen LogP contribution is -2.41. The van der Waals surface area contributed by atoms with Crippen LogP contribution in [-0.2, 0) is 11.0 Å². The Morgan fingerprint density at radius 3 is 2.34 bits per heavy atom. The molecule has 0 unspecified atom stereocenters. The van der Waals surface area contributed by atoms with Gasteiger partial charge in [-0.15, -0.1) is 0 Å². The van der Waals surface area contributed by atoms with Gasteiger partial charge in [-0.05, 0) is 54.1 Å². The third kappa shape index (κ3) is 5.09. The smallest absolute Gasteiger partial charge is 0.337 e. The van der Waals surface area contributed by atoms with Crippen LogP contribution in [0.2, 0.25) is 23.2 Å². The van der Waals surface area contributed by atoms with Crippen LogP contribution in [0.15, 0.2) is 42.5 Å². The highest BCUT2D eigenvalue weighted by molar-refractivity contribution is 6.74. The average Bonchev–Trinajstić information content (AvgIpc) is 3.14. The first-order valence-electron chi connectivity index (χ1n) is 12.8. The molecule has 0 spiro atoms. The second-order valence-electron chi connectivity index (χ2n) is 11.4. The van der Waals surface area contributed by atoms with Crippen LogP contribution in [0.25, 0.3) is 22.2 Å². The number of benzene rings is 2. The van der Waals surface area contributed by atoms with Gasteiger partial charge in [-0.1, -0.05) is 88.0 Å². The molecule has 0 amide bonds. The monoisotopic (exact) mass is 511 g/mol. The van der Waals surface area contributed by atoms with E-state index in [-0.39, 0.29) is 10.6 Å². The molecule has 1 fully saturated rings. The summed E-state index contributed by atoms with van der Waals surface area (Å²) in [5, 5.41) is 11.3. The lowest BCUT2D eigenvalue weighted by atomic mass is 9.82. The molecule has 35 heavy (non-hydrogen) atoms. The number of rotatable bonds is 7. The summed E-state index contributed by atoms with van der Waals surface area (Å²) >= 11 is 6.86. The number of halogens is 1. The van der Waals surface area contributed by atoms with Gasteiger partial charge in [0.15, 0.2) is 8.32 Å². The van der Waals surface area contributed by atoms with Gasteiger partial charge < -0.3 is 14.1 Å². The molecular weight excluding hydrogens is 474 g/mol. The maximum atomic E-state index is 12.0. The van der Waals surface area contributed by atoms with Crippen molar-refractivity contribution < 1.29 is 14.3 Å². The molecule has 4 rings (SSSR count). The molecular formula is C29H38ClNO3Si. The molecule has 0 saturated heterocycles. The van der Waals surface area contributed by atoms with Gasteiger partial charge in [0.05, 0.1) is 28.4 Å². The minimum absolute atomic E-state index is 0.120. The molecule has 1 aliphatic carbocycles. The van der Waals surface area contributed by atoms with Crippen molar-refractivity contribution in [2.24, 2.45) is 0 Å². The SMILES string of the molecule is CC(C)(C)[Si](C)(C)OCCn1c(-c2ccccc2)c(C2CCCCC2)c2ccc(C(=O)O)c(Cl)c21. The van der Waals surface area contributed by atoms with E-state index in [2.05, 4.69) is 62.7 Å². The lowest BCUT2D eigenvalue weighted by molar-refractivity contribution is 0.0697. The highest BCUT2D eigenvalue weighted by atomic mass is 35.5. The predicted octanol–water partition coefficient (Wildman–Crippen LogP) is 8.73. The molecule has 188 valence electrons. The van der Waals surface area contributed by atoms with Crippen molar-refractivity contribution in [3.05, 3.63) is 58.6 Å². The van der Waals surface area contributed by atoms with Crippen molar-refractivity contribution in [2.45, 2.75) is 83.5 Å². The Labute approximate surface area is 215 Å². The number of carbonyl (C=O) groups is 1. The molecule has 1 aromatic heterocycles. The molecule has 6 heteroatoms. The second kappa shape index (κ2) is 10.1. The Hall–Kier alpha value is -2.08. The number of hydrogen-bond acceptors (Lipinski definition) is 2. The highest BCUT2D eigenvalue weighted by Gasteiger charge is 2.37. The third-order valence-electron chi connectivity index (χ3n) is 8.08. The first kappa shape index (κ1) is 26.0. The molecule has 1 heterocycles. The summed E-state index contributed by atoms with van der Waals surface area (Å²) in [5.74, 6) is -0.557. The topological polar surface area (TPSA) is 51.5 Å². The van der Waals surface area contributed by atoms with Crippen LogP contribution in [0.3, 0.4) is 0 Å². The number of aromatic carboxylic acids is 1. The number of carboxylic acid groups (broad SMARTS) is 1. The summed E-state index contributed by atoms with van der Waals surface area (Å²) in [5.41, 5.74) is 4.60. The van der Waals surface area contributed by atoms with Crippen LogP contribution >= 0.6 is 11.6 Å². The van der Waals surface area contributed by atoms with Crippen molar-refractivity contribution in [1.82, 2.24) is 4.57 Å². The number of hydrogen-bond donors (Lipinski definition) is 1. The summed E-state index contributed by atoms with van der Waals surface area (Å²) in [6.45, 7) is 12.5. The highest BCUT2D eigenvalue weighted by Crippen LogP contribution is 2.46. The summed E-state index contributed by atoms with van der Waals surface area (Å²) in [7, 11) is -1.93. The molecule has 1 saturated carbocycles. The number of aromatic nitrogens is 1. The molecule has 3 aromatic rings. The Bertz CT molecular complexity index is 1200. The van der Waals surface area contributed by atoms with Crippen LogP contribution in [0.5, 0.6) is 0 Å². The van der Waals surface area contributed by atoms with E-state index in [4.69, 9.17) is 16.0 Å². The minimum Gasteiger partial charge on any atom is -0.478 e. The Balaban J connectivity index is 1.92. The molecule has 0 atom stereocenters. The number of fused-ring (bicyclic) bond motifs is 1. The summed E-state index contributed by atoms with van der Waals surface area (Å²) in [4.78, 5) is 12.0. The third-order valence-corrected chi connectivity index (χ3v) is 13.0. The van der Waals surface area contributed by atoms with E-state index in [1.165, 1.54) is 24.8 Å². The van der Waals surface area contributed by atoms with Gasteiger partial charge in [-0.2, -0.15) is 0 Å². The Morgan fingerprint density at radius 1 is 1.09 bits per heavy atom. The maximum absolute atomic E-state index is 12.0. The first-order chi connectivity index (χ1) is 16.5. The van der Waals surface area contributed by atoms with Gasteiger partial charge in [-0.3, -0.25) is 0 Å². The van der Waals surface area contributed by atoms with E-state index < -0.39 is 14.3 Å². The Kier molecular flexibility index (Phi) is 7.51. The van der Waals surface area contributed by atoms with Crippen molar-refractivity contribution in [3.63, 3.8) is 0 Å². The first-order valence-corrected chi connectivity index (χ1v) is 16.1. The fourth-order valence-corrected chi connectivity index (χ4v) is 6.52. The lowest BCUT2D eigenvalue weighted by Gasteiger charge is -2.36. The average molecular weight is 512 g/mol. The van der Waals surface area contributed by atoms with Crippen LogP contribution in [0.4, 0.5) is 0 Å². The maximum Gasteiger partial charge on any atom is 0.337 e. The molecule has 1 N–H and O–H groups in total. The van der Waals surface area contributed by atoms with Crippen molar-refractivity contribution in [3.8, 4) is 11.3 Å². The van der Waals surface area contributed by atoms with E-state index in [0.717, 1.165) is 35.0 Å². The van der Waals surface area contributed by atoms with Crippen molar-refractivity contribution >= 4 is 36.8 Å². The summed E-state index contributed by atoms with van der Waals surface area (Å²) < 4.78 is 8.82. The van der Waals surface area contributed by atoms with E-state index in [0.29, 0.717) is 24.1 Å². The number of nitrogens with zero attached hydrogens (tertiary/aromatic N) is 1. The van der Waals surface area contributed by atoms with E-state index in [1.54, 1.807) is 6.07 Å². The van der Waals surface area contributed by atoms with Gasteiger partial charge in [0, 0.05) is 11.9 Å². The molecule has 0 bridgehead atoms. The fourth-order valence-electron chi connectivity index (χ4n) is 5.14. The van der Waals surface area contributed by atoms with E-state index in [9.17, 15) is 9.90 Å². The standard InChI is InChI=1S/C29H38ClNO3Si/c1-29(2,3)35(4,5)34-19-18-31-26(21-14-10-7-11-15-21)24(20-12-8-6-9-13-20)22-16-17-23(28(32)33)25(30)27(22)31/h7,10-11,14-17,20H,6,8-9,12-13,18-19H2,1-5H3,(H,32,33). The largest absolute Gasteiger partial charge is 0.478 e. The van der Waals surface area contributed by atoms with Gasteiger partial charge in [0.2, 0.25) is 0 Å². The van der Waals surface area contributed by atoms with E-state index >= 15 is 0 Å². The zero-order valence-corrected chi connectivity index (χ0v) is 23.4. The van der Waals surface area contributed by atoms with Crippen LogP contribution in [0, 0.1) is 0 Å². The predicted molar refractivity (Wildman–Crippen MR) is 148 cm³/mol. The molecule has 1 aliphatic rings. The van der Waals surface area contributed by atoms with E-state index in [1.807, 2.05) is 12.1 Å². The van der Waals surface area contributed by atoms with Gasteiger partial charge >= 0.3 is 5.97 Å². The van der Waals surface area contributed by atoms with Crippen LogP contribution in [0.1, 0.15) is 74.7 Å². The molecule has 4 nitrogen and oxygen atoms in total. The number of carboxylic acids is 1. The van der Waals surface area contributed by atoms with Crippen LogP contribution in [-0.4, -0.2) is 30.6 Å². The van der Waals surface area contributed by atoms with Gasteiger partial charge in [0.1, 0.15) is 0 Å². The minimum atomic E-state index is -1.93. The van der Waals surface area contributed by atoms with Crippen molar-refractivity contribution in [2.75, 3.05) is 6.61 Å². The van der Waals surface area contributed by atoms with Gasteiger partial charge in [0.25, 0.3) is 0 Å². The van der Waals surface area contributed by atoms with Crippen LogP contribution < -0.4 is 0 Å². The quantitative estimate of drug-likeness (QED) is 0.322. The molecule has 0 radical (unpaired) electrons. The molecule has 2 aromatic carbocycles. The molecule has 0 aliphatic heterocycles. The second-order valence-corrected chi connectivity index (χ2v) is 16.5. The normalized spacial score (nSPS) is 15.6. The fraction of sp³-hybridized carbons (Fsp3) is 0.483. The summed E-state index contributed by atoms with van der Waals surface area (Å²) in [6, 6.07) is 14.1. The zero-order valence-electron chi connectivity index (χ0n) is 21.7. The van der Waals surface area contributed by atoms with Gasteiger partial charge in [-0.25, -0.2) is 4.79 Å². The zero-order chi connectivity index (χ0) is 25.4. The Morgan fingerprint density at radius 2 is 1.74 bits per heavy atom.